The molecule has 1 heterocycles. The first-order valence-electron chi connectivity index (χ1n) is 4.46. The zero-order chi connectivity index (χ0) is 10.7. The molecule has 1 aromatic carbocycles. The molecule has 0 unspecified atom stereocenters. The highest BCUT2D eigenvalue weighted by Gasteiger charge is 2.02. The summed E-state index contributed by atoms with van der Waals surface area (Å²) in [6.45, 7) is 0. The van der Waals surface area contributed by atoms with Crippen LogP contribution in [-0.4, -0.2) is 9.97 Å². The Hall–Kier alpha value is -2.14. The third-order valence-electron chi connectivity index (χ3n) is 1.96. The molecule has 0 aliphatic carbocycles. The Morgan fingerprint density at radius 1 is 1.07 bits per heavy atom. The third kappa shape index (κ3) is 2.03. The molecular weight excluding hydrogens is 190 g/mol. The van der Waals surface area contributed by atoms with Gasteiger partial charge in [-0.15, -0.1) is 0 Å². The molecule has 0 saturated carbocycles. The number of hydrazine groups is 1. The summed E-state index contributed by atoms with van der Waals surface area (Å²) in [6, 6.07) is 11.4. The van der Waals surface area contributed by atoms with Crippen molar-refractivity contribution in [3.05, 3.63) is 36.4 Å². The van der Waals surface area contributed by atoms with Gasteiger partial charge in [-0.05, 0) is 0 Å². The lowest BCUT2D eigenvalue weighted by atomic mass is 10.1. The van der Waals surface area contributed by atoms with Crippen LogP contribution in [0.1, 0.15) is 0 Å². The summed E-state index contributed by atoms with van der Waals surface area (Å²) in [5.41, 5.74) is 9.72. The zero-order valence-electron chi connectivity index (χ0n) is 8.01. The first-order chi connectivity index (χ1) is 7.29. The van der Waals surface area contributed by atoms with E-state index in [1.165, 1.54) is 0 Å². The number of nitrogens with one attached hydrogen (secondary N) is 1. The summed E-state index contributed by atoms with van der Waals surface area (Å²) in [4.78, 5) is 8.03. The van der Waals surface area contributed by atoms with Crippen molar-refractivity contribution >= 4 is 11.8 Å². The van der Waals surface area contributed by atoms with Crippen molar-refractivity contribution < 1.29 is 0 Å². The SMILES string of the molecule is NNc1cc(-c2ccccc2)nc(N)n1. The largest absolute Gasteiger partial charge is 0.368 e. The molecular formula is C10H11N5. The van der Waals surface area contributed by atoms with Gasteiger partial charge in [0.15, 0.2) is 0 Å². The van der Waals surface area contributed by atoms with Crippen LogP contribution in [0.4, 0.5) is 11.8 Å². The molecule has 5 N–H and O–H groups in total. The number of nitrogens with two attached hydrogens (primary N) is 2. The lowest BCUT2D eigenvalue weighted by Gasteiger charge is -2.04. The number of rotatable bonds is 2. The van der Waals surface area contributed by atoms with Gasteiger partial charge >= 0.3 is 0 Å². The molecule has 5 heteroatoms. The summed E-state index contributed by atoms with van der Waals surface area (Å²) in [5, 5.41) is 0. The Balaban J connectivity index is 2.49. The molecule has 76 valence electrons. The van der Waals surface area contributed by atoms with Crippen molar-refractivity contribution in [2.24, 2.45) is 5.84 Å². The summed E-state index contributed by atoms with van der Waals surface area (Å²) in [7, 11) is 0. The highest BCUT2D eigenvalue weighted by molar-refractivity contribution is 5.63. The molecule has 0 saturated heterocycles. The van der Waals surface area contributed by atoms with Crippen LogP contribution < -0.4 is 17.0 Å². The van der Waals surface area contributed by atoms with Gasteiger partial charge in [0.25, 0.3) is 0 Å². The Morgan fingerprint density at radius 3 is 2.47 bits per heavy atom. The van der Waals surface area contributed by atoms with E-state index in [4.69, 9.17) is 11.6 Å². The van der Waals surface area contributed by atoms with E-state index < -0.39 is 0 Å². The highest BCUT2D eigenvalue weighted by Crippen LogP contribution is 2.19. The van der Waals surface area contributed by atoms with Gasteiger partial charge in [-0.1, -0.05) is 30.3 Å². The van der Waals surface area contributed by atoms with Crippen molar-refractivity contribution in [3.8, 4) is 11.3 Å². The molecule has 0 aliphatic rings. The molecule has 0 atom stereocenters. The minimum Gasteiger partial charge on any atom is -0.368 e. The number of nitrogens with zero attached hydrogens (tertiary/aromatic N) is 2. The van der Waals surface area contributed by atoms with Gasteiger partial charge in [0.1, 0.15) is 5.82 Å². The molecule has 5 nitrogen and oxygen atoms in total. The number of nitrogen functional groups attached to an aromatic ring is 2. The molecule has 0 aliphatic heterocycles. The Labute approximate surface area is 87.1 Å². The van der Waals surface area contributed by atoms with E-state index in [0.29, 0.717) is 5.82 Å². The monoisotopic (exact) mass is 201 g/mol. The van der Waals surface area contributed by atoms with Crippen molar-refractivity contribution in [2.45, 2.75) is 0 Å². The normalized spacial score (nSPS) is 9.93. The maximum absolute atomic E-state index is 5.55. The minimum absolute atomic E-state index is 0.198. The second kappa shape index (κ2) is 3.93. The van der Waals surface area contributed by atoms with Gasteiger partial charge in [-0.2, -0.15) is 4.98 Å². The van der Waals surface area contributed by atoms with Gasteiger partial charge in [0.05, 0.1) is 5.69 Å². The predicted molar refractivity (Wildman–Crippen MR) is 59.7 cm³/mol. The molecule has 0 amide bonds. The van der Waals surface area contributed by atoms with Gasteiger partial charge in [-0.25, -0.2) is 10.8 Å². The van der Waals surface area contributed by atoms with Gasteiger partial charge in [0.2, 0.25) is 5.95 Å². The maximum Gasteiger partial charge on any atom is 0.222 e. The fourth-order valence-electron chi connectivity index (χ4n) is 1.30. The number of hydrogen-bond donors (Lipinski definition) is 3. The van der Waals surface area contributed by atoms with E-state index in [-0.39, 0.29) is 5.95 Å². The fourth-order valence-corrected chi connectivity index (χ4v) is 1.30. The van der Waals surface area contributed by atoms with Crippen molar-refractivity contribution in [3.63, 3.8) is 0 Å². The molecule has 2 aromatic rings. The molecule has 0 spiro atoms. The van der Waals surface area contributed by atoms with Crippen LogP contribution in [0, 0.1) is 0 Å². The van der Waals surface area contributed by atoms with Crippen molar-refractivity contribution in [1.82, 2.24) is 9.97 Å². The van der Waals surface area contributed by atoms with E-state index in [0.717, 1.165) is 11.3 Å². The lowest BCUT2D eigenvalue weighted by Crippen LogP contribution is -2.10. The molecule has 1 aromatic heterocycles. The molecule has 0 radical (unpaired) electrons. The summed E-state index contributed by atoms with van der Waals surface area (Å²) in [5.74, 6) is 5.97. The quantitative estimate of drug-likeness (QED) is 0.498. The molecule has 15 heavy (non-hydrogen) atoms. The van der Waals surface area contributed by atoms with Crippen LogP contribution in [0.3, 0.4) is 0 Å². The standard InChI is InChI=1S/C10H11N5/c11-10-13-8(6-9(14-10)15-12)7-4-2-1-3-5-7/h1-6H,12H2,(H3,11,13,14,15). The van der Waals surface area contributed by atoms with Crippen LogP contribution in [0.15, 0.2) is 36.4 Å². The Morgan fingerprint density at radius 2 is 1.80 bits per heavy atom. The number of aromatic nitrogens is 2. The summed E-state index contributed by atoms with van der Waals surface area (Å²) in [6.07, 6.45) is 0. The minimum atomic E-state index is 0.198. The molecule has 0 bridgehead atoms. The second-order valence-electron chi connectivity index (χ2n) is 3.01. The second-order valence-corrected chi connectivity index (χ2v) is 3.01. The van der Waals surface area contributed by atoms with E-state index >= 15 is 0 Å². The molecule has 0 fully saturated rings. The Bertz CT molecular complexity index is 455. The van der Waals surface area contributed by atoms with Crippen LogP contribution in [0.25, 0.3) is 11.3 Å². The van der Waals surface area contributed by atoms with Crippen molar-refractivity contribution in [1.29, 1.82) is 0 Å². The topological polar surface area (TPSA) is 89.8 Å². The highest BCUT2D eigenvalue weighted by atomic mass is 15.3. The van der Waals surface area contributed by atoms with Crippen LogP contribution in [-0.2, 0) is 0 Å². The zero-order valence-corrected chi connectivity index (χ0v) is 8.01. The van der Waals surface area contributed by atoms with Crippen LogP contribution in [0.5, 0.6) is 0 Å². The first kappa shape index (κ1) is 9.42. The number of hydrogen-bond acceptors (Lipinski definition) is 5. The molecule has 2 rings (SSSR count). The first-order valence-corrected chi connectivity index (χ1v) is 4.46. The van der Waals surface area contributed by atoms with E-state index in [2.05, 4.69) is 15.4 Å². The van der Waals surface area contributed by atoms with Gasteiger partial charge in [0, 0.05) is 11.6 Å². The van der Waals surface area contributed by atoms with E-state index in [9.17, 15) is 0 Å². The maximum atomic E-state index is 5.55. The van der Waals surface area contributed by atoms with Gasteiger partial charge < -0.3 is 11.2 Å². The summed E-state index contributed by atoms with van der Waals surface area (Å²) >= 11 is 0. The van der Waals surface area contributed by atoms with Crippen molar-refractivity contribution in [2.75, 3.05) is 11.2 Å². The van der Waals surface area contributed by atoms with Gasteiger partial charge in [-0.3, -0.25) is 0 Å². The van der Waals surface area contributed by atoms with Crippen LogP contribution >= 0.6 is 0 Å². The van der Waals surface area contributed by atoms with Crippen LogP contribution in [0.2, 0.25) is 0 Å². The van der Waals surface area contributed by atoms with E-state index in [1.807, 2.05) is 30.3 Å². The van der Waals surface area contributed by atoms with E-state index in [1.54, 1.807) is 6.07 Å². The fraction of sp³-hybridized carbons (Fsp3) is 0. The smallest absolute Gasteiger partial charge is 0.222 e. The Kier molecular flexibility index (Phi) is 2.47. The third-order valence-corrected chi connectivity index (χ3v) is 1.96. The average Bonchev–Trinajstić information content (AvgIpc) is 2.29. The number of anilines is 2. The summed E-state index contributed by atoms with van der Waals surface area (Å²) < 4.78 is 0. The predicted octanol–water partition coefficient (Wildman–Crippen LogP) is 1.01. The average molecular weight is 201 g/mol. The lowest BCUT2D eigenvalue weighted by molar-refractivity contribution is 1.16. The number of benzene rings is 1.